The van der Waals surface area contributed by atoms with Gasteiger partial charge < -0.3 is 0 Å². The molecule has 1 heteroatoms. The molecular weight excluding hydrogens is 633 g/mol. The first-order valence-corrected chi connectivity index (χ1v) is 18.3. The van der Waals surface area contributed by atoms with Crippen LogP contribution in [0.3, 0.4) is 0 Å². The summed E-state index contributed by atoms with van der Waals surface area (Å²) in [5, 5.41) is 7.70. The second kappa shape index (κ2) is 12.2. The van der Waals surface area contributed by atoms with Gasteiger partial charge in [0.1, 0.15) is 0 Å². The molecule has 0 aliphatic heterocycles. The zero-order valence-electron chi connectivity index (χ0n) is 27.9. The van der Waals surface area contributed by atoms with Gasteiger partial charge in [0.2, 0.25) is 0 Å². The molecule has 0 spiro atoms. The molecule has 0 aliphatic rings. The monoisotopic (exact) mass is 664 g/mol. The van der Waals surface area contributed by atoms with Crippen LogP contribution in [-0.4, -0.2) is 0 Å². The average molecular weight is 665 g/mol. The van der Waals surface area contributed by atoms with Crippen molar-refractivity contribution < 1.29 is 0 Å². The zero-order valence-corrected chi connectivity index (χ0v) is 28.7. The van der Waals surface area contributed by atoms with Gasteiger partial charge in [0.05, 0.1) is 0 Å². The lowest BCUT2D eigenvalue weighted by molar-refractivity contribution is 1.60. The van der Waals surface area contributed by atoms with E-state index < -0.39 is 0 Å². The number of rotatable bonds is 5. The Morgan fingerprint density at radius 1 is 0.255 bits per heavy atom. The van der Waals surface area contributed by atoms with Crippen LogP contribution < -0.4 is 0 Å². The normalized spacial score (nSPS) is 11.5. The van der Waals surface area contributed by atoms with Crippen LogP contribution in [0.1, 0.15) is 0 Å². The number of fused-ring (bicyclic) bond motifs is 5. The highest BCUT2D eigenvalue weighted by molar-refractivity contribution is 7.26. The van der Waals surface area contributed by atoms with Gasteiger partial charge in [-0.1, -0.05) is 170 Å². The fraction of sp³-hybridized carbons (Fsp3) is 0. The van der Waals surface area contributed by atoms with Gasteiger partial charge in [-0.2, -0.15) is 0 Å². The Balaban J connectivity index is 1.22. The molecule has 0 fully saturated rings. The Hall–Kier alpha value is -6.28. The van der Waals surface area contributed by atoms with Crippen molar-refractivity contribution in [1.29, 1.82) is 0 Å². The number of thiophene rings is 1. The molecule has 51 heavy (non-hydrogen) atoms. The van der Waals surface area contributed by atoms with Crippen molar-refractivity contribution in [3.8, 4) is 55.6 Å². The van der Waals surface area contributed by atoms with Crippen molar-refractivity contribution in [1.82, 2.24) is 0 Å². The van der Waals surface area contributed by atoms with E-state index >= 15 is 0 Å². The Kier molecular flexibility index (Phi) is 7.11. The summed E-state index contributed by atoms with van der Waals surface area (Å²) >= 11 is 1.89. The zero-order chi connectivity index (χ0) is 33.7. The SMILES string of the molecule is c1ccc(-c2cccc(-c3c4ccccc4c(-c4ccccc4)c4ccc(-c5cccc(-c6cccc7c6sc6ccccc67)c5)cc34)c2)cc1. The number of hydrogen-bond donors (Lipinski definition) is 0. The number of hydrogen-bond acceptors (Lipinski definition) is 1. The molecule has 10 aromatic rings. The summed E-state index contributed by atoms with van der Waals surface area (Å²) in [4.78, 5) is 0. The van der Waals surface area contributed by atoms with Crippen LogP contribution in [-0.2, 0) is 0 Å². The molecule has 0 unspecified atom stereocenters. The second-order valence-electron chi connectivity index (χ2n) is 13.2. The minimum atomic E-state index is 1.21. The standard InChI is InChI=1S/C50H32S/c1-3-14-33(15-4-1)35-18-12-21-39(31-35)49-43-24-8-7-23-42(43)48(34-16-5-2-6-17-34)44-29-28-37(32-46(44)49)36-19-11-20-38(30-36)40-25-13-26-45-41-22-9-10-27-47(41)51-50(40)45/h1-32H. The highest BCUT2D eigenvalue weighted by Crippen LogP contribution is 2.46. The fourth-order valence-corrected chi connectivity index (χ4v) is 9.15. The van der Waals surface area contributed by atoms with Crippen molar-refractivity contribution in [2.75, 3.05) is 0 Å². The maximum Gasteiger partial charge on any atom is 0.0433 e. The van der Waals surface area contributed by atoms with Gasteiger partial charge in [0.15, 0.2) is 0 Å². The largest absolute Gasteiger partial charge is 0.135 e. The van der Waals surface area contributed by atoms with Crippen LogP contribution >= 0.6 is 11.3 Å². The van der Waals surface area contributed by atoms with E-state index in [4.69, 9.17) is 0 Å². The van der Waals surface area contributed by atoms with Crippen molar-refractivity contribution in [2.45, 2.75) is 0 Å². The number of benzene rings is 9. The lowest BCUT2D eigenvalue weighted by Gasteiger charge is -2.19. The van der Waals surface area contributed by atoms with Crippen LogP contribution in [0.2, 0.25) is 0 Å². The molecule has 0 nitrogen and oxygen atoms in total. The molecule has 0 saturated carbocycles. The molecule has 0 amide bonds. The molecule has 1 aromatic heterocycles. The summed E-state index contributed by atoms with van der Waals surface area (Å²) < 4.78 is 2.67. The van der Waals surface area contributed by atoms with Crippen molar-refractivity contribution in [3.63, 3.8) is 0 Å². The Bertz CT molecular complexity index is 2900. The van der Waals surface area contributed by atoms with Gasteiger partial charge in [-0.25, -0.2) is 0 Å². The minimum Gasteiger partial charge on any atom is -0.135 e. The third-order valence-electron chi connectivity index (χ3n) is 10.3. The van der Waals surface area contributed by atoms with Crippen molar-refractivity contribution in [3.05, 3.63) is 194 Å². The molecule has 10 rings (SSSR count). The maximum atomic E-state index is 2.43. The van der Waals surface area contributed by atoms with Gasteiger partial charge in [0.25, 0.3) is 0 Å². The minimum absolute atomic E-state index is 1.21. The van der Waals surface area contributed by atoms with Crippen LogP contribution in [0.5, 0.6) is 0 Å². The summed E-state index contributed by atoms with van der Waals surface area (Å²) in [5.41, 5.74) is 12.4. The van der Waals surface area contributed by atoms with E-state index in [9.17, 15) is 0 Å². The van der Waals surface area contributed by atoms with E-state index in [2.05, 4.69) is 194 Å². The lowest BCUT2D eigenvalue weighted by atomic mass is 9.84. The molecule has 0 N–H and O–H groups in total. The fourth-order valence-electron chi connectivity index (χ4n) is 7.91. The van der Waals surface area contributed by atoms with E-state index in [-0.39, 0.29) is 0 Å². The van der Waals surface area contributed by atoms with E-state index in [1.54, 1.807) is 0 Å². The average Bonchev–Trinajstić information content (AvgIpc) is 3.59. The quantitative estimate of drug-likeness (QED) is 0.161. The molecule has 0 bridgehead atoms. The second-order valence-corrected chi connectivity index (χ2v) is 14.3. The van der Waals surface area contributed by atoms with Crippen molar-refractivity contribution >= 4 is 53.1 Å². The predicted molar refractivity (Wildman–Crippen MR) is 222 cm³/mol. The Morgan fingerprint density at radius 3 is 1.51 bits per heavy atom. The first-order valence-electron chi connectivity index (χ1n) is 17.5. The van der Waals surface area contributed by atoms with Gasteiger partial charge in [-0.15, -0.1) is 11.3 Å². The van der Waals surface area contributed by atoms with Gasteiger partial charge >= 0.3 is 0 Å². The molecule has 238 valence electrons. The first-order chi connectivity index (χ1) is 25.3. The Morgan fingerprint density at radius 2 is 0.745 bits per heavy atom. The smallest absolute Gasteiger partial charge is 0.0433 e. The van der Waals surface area contributed by atoms with Crippen LogP contribution in [0.15, 0.2) is 194 Å². The highest BCUT2D eigenvalue weighted by atomic mass is 32.1. The van der Waals surface area contributed by atoms with Crippen molar-refractivity contribution in [2.24, 2.45) is 0 Å². The van der Waals surface area contributed by atoms with Gasteiger partial charge in [-0.05, 0) is 101 Å². The molecule has 1 heterocycles. The summed E-state index contributed by atoms with van der Waals surface area (Å²) in [5.74, 6) is 0. The molecule has 9 aromatic carbocycles. The van der Waals surface area contributed by atoms with Crippen LogP contribution in [0.25, 0.3) is 97.4 Å². The molecule has 0 saturated heterocycles. The first kappa shape index (κ1) is 29.6. The lowest BCUT2D eigenvalue weighted by Crippen LogP contribution is -1.92. The third-order valence-corrected chi connectivity index (χ3v) is 11.5. The molecular formula is C50H32S. The summed E-state index contributed by atoms with van der Waals surface area (Å²) in [6, 6.07) is 71.2. The van der Waals surface area contributed by atoms with Crippen LogP contribution in [0.4, 0.5) is 0 Å². The topological polar surface area (TPSA) is 0 Å². The Labute approximate surface area is 301 Å². The summed E-state index contributed by atoms with van der Waals surface area (Å²) in [6.07, 6.45) is 0. The maximum absolute atomic E-state index is 2.43. The highest BCUT2D eigenvalue weighted by Gasteiger charge is 2.18. The summed E-state index contributed by atoms with van der Waals surface area (Å²) in [6.45, 7) is 0. The van der Waals surface area contributed by atoms with Gasteiger partial charge in [0, 0.05) is 20.2 Å². The van der Waals surface area contributed by atoms with Crippen LogP contribution in [0, 0.1) is 0 Å². The van der Waals surface area contributed by atoms with Gasteiger partial charge in [-0.3, -0.25) is 0 Å². The van der Waals surface area contributed by atoms with E-state index in [1.165, 1.54) is 97.4 Å². The molecule has 0 radical (unpaired) electrons. The summed E-state index contributed by atoms with van der Waals surface area (Å²) in [7, 11) is 0. The molecule has 0 atom stereocenters. The van der Waals surface area contributed by atoms with E-state index in [0.29, 0.717) is 0 Å². The predicted octanol–water partition coefficient (Wildman–Crippen LogP) is 14.7. The van der Waals surface area contributed by atoms with E-state index in [1.807, 2.05) is 11.3 Å². The molecule has 0 aliphatic carbocycles. The third kappa shape index (κ3) is 5.05. The van der Waals surface area contributed by atoms with E-state index in [0.717, 1.165) is 0 Å².